The fraction of sp³-hybridized carbons (Fsp3) is 0.744. The van der Waals surface area contributed by atoms with Crippen molar-refractivity contribution in [2.75, 3.05) is 98.7 Å². The molecule has 5 fully saturated rings. The average Bonchev–Trinajstić information content (AvgIpc) is 3.17. The van der Waals surface area contributed by atoms with Crippen LogP contribution < -0.4 is 5.32 Å². The fourth-order valence-corrected chi connectivity index (χ4v) is 9.01. The molecule has 1 aliphatic carbocycles. The molecule has 6 rings (SSSR count). The second-order valence-corrected chi connectivity index (χ2v) is 16.1. The summed E-state index contributed by atoms with van der Waals surface area (Å²) < 4.78 is 39.4. The molecule has 2 atom stereocenters. The highest BCUT2D eigenvalue weighted by atomic mass is 19.4. The van der Waals surface area contributed by atoms with E-state index in [4.69, 9.17) is 0 Å². The number of hydrogen-bond acceptors (Lipinski definition) is 7. The van der Waals surface area contributed by atoms with Crippen LogP contribution in [-0.4, -0.2) is 164 Å². The van der Waals surface area contributed by atoms with Crippen molar-refractivity contribution in [3.63, 3.8) is 0 Å². The molecule has 0 radical (unpaired) electrons. The van der Waals surface area contributed by atoms with Crippen LogP contribution in [0.1, 0.15) is 79.6 Å². The topological polar surface area (TPSA) is 99.8 Å². The zero-order valence-corrected chi connectivity index (χ0v) is 31.3. The lowest BCUT2D eigenvalue weighted by atomic mass is 9.83. The van der Waals surface area contributed by atoms with E-state index in [-0.39, 0.29) is 42.6 Å². The number of piperidine rings is 2. The summed E-state index contributed by atoms with van der Waals surface area (Å²) in [6.45, 7) is 9.68. The van der Waals surface area contributed by atoms with E-state index in [9.17, 15) is 32.3 Å². The first-order valence-corrected chi connectivity index (χ1v) is 19.9. The van der Waals surface area contributed by atoms with Crippen LogP contribution in [0.2, 0.25) is 0 Å². The van der Waals surface area contributed by atoms with Crippen LogP contribution in [0.4, 0.5) is 13.2 Å². The van der Waals surface area contributed by atoms with Crippen LogP contribution in [-0.2, 0) is 14.4 Å². The molecule has 0 spiro atoms. The second kappa shape index (κ2) is 17.9. The van der Waals surface area contributed by atoms with Gasteiger partial charge < -0.3 is 24.9 Å². The summed E-state index contributed by atoms with van der Waals surface area (Å²) >= 11 is 0. The smallest absolute Gasteiger partial charge is 0.340 e. The monoisotopic (exact) mass is 745 g/mol. The van der Waals surface area contributed by atoms with Crippen LogP contribution in [0.5, 0.6) is 0 Å². The van der Waals surface area contributed by atoms with Gasteiger partial charge in [-0.1, -0.05) is 31.4 Å². The van der Waals surface area contributed by atoms with Crippen LogP contribution in [0.15, 0.2) is 24.3 Å². The Hall–Kier alpha value is -3.23. The summed E-state index contributed by atoms with van der Waals surface area (Å²) in [4.78, 5) is 64.4. The number of likely N-dealkylation sites (N-methyl/N-ethyl adjacent to an activating group) is 1. The predicted octanol–water partition coefficient (Wildman–Crippen LogP) is 3.26. The largest absolute Gasteiger partial charge is 0.471 e. The Morgan fingerprint density at radius 1 is 0.755 bits per heavy atom. The molecular weight excluding hydrogens is 687 g/mol. The molecule has 1 N–H and O–H groups in total. The van der Waals surface area contributed by atoms with E-state index in [1.165, 1.54) is 0 Å². The third kappa shape index (κ3) is 10.5. The Labute approximate surface area is 312 Å². The Morgan fingerprint density at radius 2 is 1.43 bits per heavy atom. The van der Waals surface area contributed by atoms with Gasteiger partial charge >= 0.3 is 12.1 Å². The van der Waals surface area contributed by atoms with Gasteiger partial charge in [0.15, 0.2) is 0 Å². The lowest BCUT2D eigenvalue weighted by Gasteiger charge is -2.41. The maximum atomic E-state index is 14.1. The van der Waals surface area contributed by atoms with Gasteiger partial charge in [0.1, 0.15) is 6.04 Å². The van der Waals surface area contributed by atoms with Crippen LogP contribution >= 0.6 is 0 Å². The molecule has 4 saturated heterocycles. The van der Waals surface area contributed by atoms with E-state index in [0.717, 1.165) is 114 Å². The van der Waals surface area contributed by atoms with Crippen molar-refractivity contribution in [2.45, 2.75) is 75.9 Å². The van der Waals surface area contributed by atoms with Gasteiger partial charge in [0.05, 0.1) is 6.54 Å². The van der Waals surface area contributed by atoms with Crippen molar-refractivity contribution >= 4 is 23.6 Å². The number of likely N-dealkylation sites (tertiary alicyclic amines) is 2. The Morgan fingerprint density at radius 3 is 2.11 bits per heavy atom. The molecule has 1 aromatic rings. The lowest BCUT2D eigenvalue weighted by molar-refractivity contribution is -0.186. The van der Waals surface area contributed by atoms with Crippen molar-refractivity contribution in [3.8, 4) is 0 Å². The zero-order valence-electron chi connectivity index (χ0n) is 31.3. The number of halogens is 3. The highest BCUT2D eigenvalue weighted by molar-refractivity contribution is 5.98. The Kier molecular flexibility index (Phi) is 13.4. The molecule has 294 valence electrons. The van der Waals surface area contributed by atoms with Gasteiger partial charge in [0, 0.05) is 83.5 Å². The summed E-state index contributed by atoms with van der Waals surface area (Å²) in [5.41, 5.74) is 1.09. The Bertz CT molecular complexity index is 1420. The van der Waals surface area contributed by atoms with Crippen LogP contribution in [0, 0.1) is 11.8 Å². The van der Waals surface area contributed by atoms with Gasteiger partial charge in [-0.25, -0.2) is 0 Å². The summed E-state index contributed by atoms with van der Waals surface area (Å²) in [5, 5.41) is 3.10. The third-order valence-electron chi connectivity index (χ3n) is 12.4. The van der Waals surface area contributed by atoms with E-state index in [0.29, 0.717) is 44.0 Å². The summed E-state index contributed by atoms with van der Waals surface area (Å²) in [6, 6.07) is 6.27. The van der Waals surface area contributed by atoms with Gasteiger partial charge in [-0.3, -0.25) is 29.0 Å². The maximum absolute atomic E-state index is 14.1. The molecule has 53 heavy (non-hydrogen) atoms. The number of amides is 4. The molecule has 4 aliphatic heterocycles. The number of alkyl halides is 3. The number of benzene rings is 1. The molecule has 1 aromatic carbocycles. The lowest BCUT2D eigenvalue weighted by Crippen LogP contribution is -2.57. The number of nitrogens with zero attached hydrogens (tertiary/aromatic N) is 6. The molecule has 11 nitrogen and oxygen atoms in total. The first-order valence-electron chi connectivity index (χ1n) is 19.9. The van der Waals surface area contributed by atoms with Crippen molar-refractivity contribution in [3.05, 3.63) is 35.4 Å². The quantitative estimate of drug-likeness (QED) is 0.415. The minimum Gasteiger partial charge on any atom is -0.340 e. The average molecular weight is 746 g/mol. The SMILES string of the molecule is CN1CCN(C(=O)CN2CCC(CN3CCN(C(=O)C(NC(=O)c4cccc(C5CCCN(C(=O)C(F)(F)F)C5)c4)C4CCCCC4)CC3)CC2)CC1. The Balaban J connectivity index is 0.994. The molecule has 2 unspecified atom stereocenters. The molecule has 4 amide bonds. The van der Waals surface area contributed by atoms with Crippen molar-refractivity contribution in [2.24, 2.45) is 11.8 Å². The van der Waals surface area contributed by atoms with Crippen molar-refractivity contribution in [1.29, 1.82) is 0 Å². The summed E-state index contributed by atoms with van der Waals surface area (Å²) in [5.74, 6) is -1.66. The highest BCUT2D eigenvalue weighted by Gasteiger charge is 2.44. The number of hydrogen-bond donors (Lipinski definition) is 1. The minimum atomic E-state index is -4.91. The molecule has 14 heteroatoms. The molecule has 1 saturated carbocycles. The molecule has 5 aliphatic rings. The van der Waals surface area contributed by atoms with E-state index in [1.807, 2.05) is 9.80 Å². The minimum absolute atomic E-state index is 0.0343. The number of rotatable bonds is 9. The first kappa shape index (κ1) is 39.5. The van der Waals surface area contributed by atoms with Crippen LogP contribution in [0.3, 0.4) is 0 Å². The molecule has 4 heterocycles. The van der Waals surface area contributed by atoms with E-state index in [1.54, 1.807) is 24.3 Å². The van der Waals surface area contributed by atoms with Gasteiger partial charge in [-0.15, -0.1) is 0 Å². The molecular formula is C39H58F3N7O4. The predicted molar refractivity (Wildman–Crippen MR) is 195 cm³/mol. The van der Waals surface area contributed by atoms with E-state index >= 15 is 0 Å². The number of nitrogens with one attached hydrogen (secondary N) is 1. The van der Waals surface area contributed by atoms with E-state index < -0.39 is 18.1 Å². The standard InChI is InChI=1S/C39H58F3N7O4/c1-44-17-21-47(22-18-44)34(50)28-45-15-12-29(13-16-45)26-46-19-23-48(24-20-46)37(52)35(30-7-3-2-4-8-30)43-36(51)32-10-5-9-31(25-32)33-11-6-14-49(27-33)38(53)39(40,41)42/h5,9-10,25,29-30,33,35H,2-4,6-8,11-24,26-28H2,1H3,(H,43,51). The van der Waals surface area contributed by atoms with Gasteiger partial charge in [-0.05, 0) is 88.2 Å². The van der Waals surface area contributed by atoms with Gasteiger partial charge in [-0.2, -0.15) is 13.2 Å². The summed E-state index contributed by atoms with van der Waals surface area (Å²) in [6.07, 6.45) is 3.20. The summed E-state index contributed by atoms with van der Waals surface area (Å²) in [7, 11) is 2.09. The first-order chi connectivity index (χ1) is 25.4. The van der Waals surface area contributed by atoms with E-state index in [2.05, 4.69) is 27.1 Å². The van der Waals surface area contributed by atoms with Gasteiger partial charge in [0.2, 0.25) is 11.8 Å². The van der Waals surface area contributed by atoms with Crippen molar-refractivity contribution < 1.29 is 32.3 Å². The van der Waals surface area contributed by atoms with Crippen molar-refractivity contribution in [1.82, 2.24) is 34.7 Å². The normalized spacial score (nSPS) is 24.2. The zero-order chi connectivity index (χ0) is 37.5. The number of carbonyl (C=O) groups excluding carboxylic acids is 4. The molecule has 0 bridgehead atoms. The molecule has 0 aromatic heterocycles. The van der Waals surface area contributed by atoms with Crippen LogP contribution in [0.25, 0.3) is 0 Å². The second-order valence-electron chi connectivity index (χ2n) is 16.1. The third-order valence-corrected chi connectivity index (χ3v) is 12.4. The van der Waals surface area contributed by atoms with Gasteiger partial charge in [0.25, 0.3) is 5.91 Å². The fourth-order valence-electron chi connectivity index (χ4n) is 9.01. The highest BCUT2D eigenvalue weighted by Crippen LogP contribution is 2.31. The maximum Gasteiger partial charge on any atom is 0.471 e. The number of carbonyl (C=O) groups is 4. The number of piperazine rings is 2.